The van der Waals surface area contributed by atoms with Gasteiger partial charge in [-0.15, -0.1) is 37.1 Å². The number of aromatic nitrogens is 2. The summed E-state index contributed by atoms with van der Waals surface area (Å²) in [6.45, 7) is 7.28. The zero-order valence-electron chi connectivity index (χ0n) is 17.6. The lowest BCUT2D eigenvalue weighted by molar-refractivity contribution is -0.274. The van der Waals surface area contributed by atoms with Crippen LogP contribution in [0.3, 0.4) is 0 Å². The van der Waals surface area contributed by atoms with E-state index in [1.54, 1.807) is 12.1 Å². The van der Waals surface area contributed by atoms with Gasteiger partial charge in [0, 0.05) is 37.0 Å². The third-order valence-electron chi connectivity index (χ3n) is 4.41. The van der Waals surface area contributed by atoms with Crippen molar-refractivity contribution in [1.29, 1.82) is 0 Å². The molecule has 30 heavy (non-hydrogen) atoms. The van der Waals surface area contributed by atoms with Crippen molar-refractivity contribution in [3.8, 4) is 5.75 Å². The van der Waals surface area contributed by atoms with E-state index in [9.17, 15) is 13.2 Å². The molecule has 2 aromatic rings. The Morgan fingerprint density at radius 1 is 1.13 bits per heavy atom. The monoisotopic (exact) mass is 539 g/mol. The standard InChI is InChI=1S/C20H28F3N5O.HI/c1-5-16-15(17(6-2)28(4)27-16)13-26-19(24-7-3)25-12-14-10-8-9-11-18(14)29-20(21,22)23;/h8-11H,5-7,12-13H2,1-4H3,(H2,24,25,26);1H. The number of nitrogens with zero attached hydrogens (tertiary/aromatic N) is 3. The molecule has 0 saturated heterocycles. The van der Waals surface area contributed by atoms with Crippen LogP contribution < -0.4 is 15.4 Å². The molecule has 0 radical (unpaired) electrons. The van der Waals surface area contributed by atoms with Crippen LogP contribution in [-0.4, -0.2) is 28.6 Å². The van der Waals surface area contributed by atoms with Gasteiger partial charge in [-0.3, -0.25) is 4.68 Å². The number of rotatable bonds is 8. The van der Waals surface area contributed by atoms with Gasteiger partial charge in [0.2, 0.25) is 0 Å². The first-order valence-corrected chi connectivity index (χ1v) is 9.68. The zero-order chi connectivity index (χ0) is 21.4. The molecule has 1 aromatic carbocycles. The molecule has 2 rings (SSSR count). The van der Waals surface area contributed by atoms with Gasteiger partial charge >= 0.3 is 6.36 Å². The number of para-hydroxylation sites is 1. The van der Waals surface area contributed by atoms with E-state index in [1.165, 1.54) is 12.1 Å². The van der Waals surface area contributed by atoms with E-state index in [2.05, 4.69) is 39.3 Å². The van der Waals surface area contributed by atoms with Crippen molar-refractivity contribution in [3.63, 3.8) is 0 Å². The average Bonchev–Trinajstić information content (AvgIpc) is 2.98. The predicted molar refractivity (Wildman–Crippen MR) is 122 cm³/mol. The van der Waals surface area contributed by atoms with E-state index in [4.69, 9.17) is 0 Å². The molecule has 2 N–H and O–H groups in total. The van der Waals surface area contributed by atoms with Crippen molar-refractivity contribution < 1.29 is 17.9 Å². The maximum absolute atomic E-state index is 12.6. The zero-order valence-corrected chi connectivity index (χ0v) is 20.0. The first-order valence-electron chi connectivity index (χ1n) is 9.68. The SMILES string of the molecule is CCNC(=NCc1ccccc1OC(F)(F)F)NCc1c(CC)nn(C)c1CC.I. The minimum absolute atomic E-state index is 0. The van der Waals surface area contributed by atoms with E-state index >= 15 is 0 Å². The van der Waals surface area contributed by atoms with Crippen LogP contribution in [0.5, 0.6) is 5.75 Å². The van der Waals surface area contributed by atoms with E-state index in [0.29, 0.717) is 24.6 Å². The summed E-state index contributed by atoms with van der Waals surface area (Å²) in [5.74, 6) is 0.274. The molecule has 0 aliphatic carbocycles. The summed E-state index contributed by atoms with van der Waals surface area (Å²) in [7, 11) is 1.93. The summed E-state index contributed by atoms with van der Waals surface area (Å²) >= 11 is 0. The van der Waals surface area contributed by atoms with E-state index in [0.717, 1.165) is 29.8 Å². The van der Waals surface area contributed by atoms with Crippen LogP contribution in [0.25, 0.3) is 0 Å². The molecule has 0 atom stereocenters. The Hall–Kier alpha value is -1.98. The number of aryl methyl sites for hydroxylation is 2. The molecular weight excluding hydrogens is 510 g/mol. The summed E-state index contributed by atoms with van der Waals surface area (Å²) in [6, 6.07) is 6.01. The first-order chi connectivity index (χ1) is 13.8. The predicted octanol–water partition coefficient (Wildman–Crippen LogP) is 4.32. The Bertz CT molecular complexity index is 836. The Morgan fingerprint density at radius 3 is 2.43 bits per heavy atom. The molecule has 0 amide bonds. The van der Waals surface area contributed by atoms with Gasteiger partial charge in [0.1, 0.15) is 5.75 Å². The first kappa shape index (κ1) is 26.1. The minimum atomic E-state index is -4.74. The topological polar surface area (TPSA) is 63.5 Å². The molecule has 0 bridgehead atoms. The van der Waals surface area contributed by atoms with Crippen molar-refractivity contribution in [2.45, 2.75) is 53.1 Å². The second kappa shape index (κ2) is 12.0. The van der Waals surface area contributed by atoms with Gasteiger partial charge < -0.3 is 15.4 Å². The molecule has 0 fully saturated rings. The number of halogens is 4. The minimum Gasteiger partial charge on any atom is -0.405 e. The van der Waals surface area contributed by atoms with Gasteiger partial charge in [-0.1, -0.05) is 32.0 Å². The number of aliphatic imine (C=N–C) groups is 1. The van der Waals surface area contributed by atoms with Crippen molar-refractivity contribution in [2.24, 2.45) is 12.0 Å². The Balaban J connectivity index is 0.00000450. The van der Waals surface area contributed by atoms with E-state index < -0.39 is 6.36 Å². The fraction of sp³-hybridized carbons (Fsp3) is 0.500. The van der Waals surface area contributed by atoms with Crippen molar-refractivity contribution in [3.05, 3.63) is 46.8 Å². The molecule has 168 valence electrons. The van der Waals surface area contributed by atoms with Crippen LogP contribution >= 0.6 is 24.0 Å². The Morgan fingerprint density at radius 2 is 1.83 bits per heavy atom. The lowest BCUT2D eigenvalue weighted by Crippen LogP contribution is -2.37. The maximum Gasteiger partial charge on any atom is 0.573 e. The van der Waals surface area contributed by atoms with Gasteiger partial charge in [0.05, 0.1) is 12.2 Å². The summed E-state index contributed by atoms with van der Waals surface area (Å²) in [4.78, 5) is 4.43. The number of benzene rings is 1. The van der Waals surface area contributed by atoms with Gasteiger partial charge in [0.25, 0.3) is 0 Å². The summed E-state index contributed by atoms with van der Waals surface area (Å²) in [6.07, 6.45) is -3.06. The molecule has 0 aliphatic rings. The number of nitrogens with one attached hydrogen (secondary N) is 2. The molecule has 0 aliphatic heterocycles. The van der Waals surface area contributed by atoms with Gasteiger partial charge in [-0.05, 0) is 25.8 Å². The van der Waals surface area contributed by atoms with E-state index in [1.807, 2.05) is 18.7 Å². The lowest BCUT2D eigenvalue weighted by atomic mass is 10.1. The van der Waals surface area contributed by atoms with Gasteiger partial charge in [-0.25, -0.2) is 4.99 Å². The molecule has 0 spiro atoms. The van der Waals surface area contributed by atoms with E-state index in [-0.39, 0.29) is 36.3 Å². The van der Waals surface area contributed by atoms with Crippen LogP contribution in [0.1, 0.15) is 43.3 Å². The van der Waals surface area contributed by atoms with Crippen molar-refractivity contribution in [2.75, 3.05) is 6.54 Å². The fourth-order valence-corrected chi connectivity index (χ4v) is 3.13. The van der Waals surface area contributed by atoms with Gasteiger partial charge in [-0.2, -0.15) is 5.10 Å². The molecule has 1 aromatic heterocycles. The lowest BCUT2D eigenvalue weighted by Gasteiger charge is -2.14. The highest BCUT2D eigenvalue weighted by atomic mass is 127. The van der Waals surface area contributed by atoms with Crippen LogP contribution in [0.4, 0.5) is 13.2 Å². The number of guanidine groups is 1. The maximum atomic E-state index is 12.6. The van der Waals surface area contributed by atoms with Crippen LogP contribution in [0.2, 0.25) is 0 Å². The molecule has 0 saturated carbocycles. The van der Waals surface area contributed by atoms with Crippen LogP contribution in [-0.2, 0) is 33.0 Å². The number of hydrogen-bond donors (Lipinski definition) is 2. The van der Waals surface area contributed by atoms with Crippen molar-refractivity contribution >= 4 is 29.9 Å². The van der Waals surface area contributed by atoms with Crippen molar-refractivity contribution in [1.82, 2.24) is 20.4 Å². The Labute approximate surface area is 192 Å². The molecular formula is C20H29F3IN5O. The van der Waals surface area contributed by atoms with Gasteiger partial charge in [0.15, 0.2) is 5.96 Å². The highest BCUT2D eigenvalue weighted by Crippen LogP contribution is 2.26. The number of ether oxygens (including phenoxy) is 1. The smallest absolute Gasteiger partial charge is 0.405 e. The molecule has 0 unspecified atom stereocenters. The highest BCUT2D eigenvalue weighted by molar-refractivity contribution is 14.0. The Kier molecular flexibility index (Phi) is 10.4. The quantitative estimate of drug-likeness (QED) is 0.298. The average molecular weight is 539 g/mol. The summed E-state index contributed by atoms with van der Waals surface area (Å²) < 4.78 is 43.8. The van der Waals surface area contributed by atoms with Crippen LogP contribution in [0, 0.1) is 0 Å². The third kappa shape index (κ3) is 7.37. The number of alkyl halides is 3. The number of hydrogen-bond acceptors (Lipinski definition) is 3. The second-order valence-corrected chi connectivity index (χ2v) is 6.41. The molecule has 1 heterocycles. The molecule has 6 nitrogen and oxygen atoms in total. The highest BCUT2D eigenvalue weighted by Gasteiger charge is 2.31. The van der Waals surface area contributed by atoms with Crippen LogP contribution in [0.15, 0.2) is 29.3 Å². The summed E-state index contributed by atoms with van der Waals surface area (Å²) in [5.41, 5.74) is 3.65. The third-order valence-corrected chi connectivity index (χ3v) is 4.41. The second-order valence-electron chi connectivity index (χ2n) is 6.41. The fourth-order valence-electron chi connectivity index (χ4n) is 3.13. The molecule has 10 heteroatoms. The summed E-state index contributed by atoms with van der Waals surface area (Å²) in [5, 5.41) is 10.9. The largest absolute Gasteiger partial charge is 0.573 e. The normalized spacial score (nSPS) is 11.8.